The van der Waals surface area contributed by atoms with Gasteiger partial charge in [-0.25, -0.2) is 0 Å². The number of nitrogens with zero attached hydrogens (tertiary/aromatic N) is 1. The Morgan fingerprint density at radius 2 is 2.08 bits per heavy atom. The van der Waals surface area contributed by atoms with Gasteiger partial charge in [0.2, 0.25) is 6.79 Å². The lowest BCUT2D eigenvalue weighted by molar-refractivity contribution is 0.0598. The van der Waals surface area contributed by atoms with Gasteiger partial charge in [0.15, 0.2) is 11.5 Å². The topological polar surface area (TPSA) is 63.8 Å². The second-order valence-corrected chi connectivity index (χ2v) is 6.49. The van der Waals surface area contributed by atoms with Crippen LogP contribution in [0.2, 0.25) is 0 Å². The molecule has 128 valence electrons. The minimum Gasteiger partial charge on any atom is -0.454 e. The fraction of sp³-hybridized carbons (Fsp3) is 0.500. The van der Waals surface area contributed by atoms with Crippen molar-refractivity contribution in [2.75, 3.05) is 27.1 Å². The van der Waals surface area contributed by atoms with Gasteiger partial charge < -0.3 is 19.2 Å². The number of fused-ring (bicyclic) bond motifs is 2. The number of likely N-dealkylation sites (tertiary alicyclic amines) is 1. The van der Waals surface area contributed by atoms with Crippen molar-refractivity contribution < 1.29 is 14.2 Å². The monoisotopic (exact) mass is 330 g/mol. The van der Waals surface area contributed by atoms with Gasteiger partial charge in [-0.1, -0.05) is 6.42 Å². The molecule has 2 aliphatic heterocycles. The van der Waals surface area contributed by atoms with E-state index in [0.29, 0.717) is 24.9 Å². The summed E-state index contributed by atoms with van der Waals surface area (Å²) in [6.07, 6.45) is 3.52. The van der Waals surface area contributed by atoms with Crippen LogP contribution in [0, 0.1) is 0 Å². The molecule has 24 heavy (non-hydrogen) atoms. The van der Waals surface area contributed by atoms with E-state index >= 15 is 0 Å². The fourth-order valence-corrected chi connectivity index (χ4v) is 3.63. The molecule has 0 saturated carbocycles. The molecule has 1 N–H and O–H groups in total. The average molecular weight is 330 g/mol. The maximum atomic E-state index is 12.5. The molecule has 0 radical (unpaired) electrons. The molecule has 0 unspecified atom stereocenters. The Morgan fingerprint density at radius 3 is 2.92 bits per heavy atom. The lowest BCUT2D eigenvalue weighted by Gasteiger charge is -2.35. The van der Waals surface area contributed by atoms with E-state index in [-0.39, 0.29) is 12.4 Å². The largest absolute Gasteiger partial charge is 0.454 e. The number of hydrogen-bond donors (Lipinski definition) is 1. The molecule has 0 amide bonds. The molecule has 0 aliphatic carbocycles. The van der Waals surface area contributed by atoms with Crippen molar-refractivity contribution in [3.05, 3.63) is 34.1 Å². The zero-order chi connectivity index (χ0) is 16.5. The van der Waals surface area contributed by atoms with Crippen molar-refractivity contribution in [1.82, 2.24) is 9.88 Å². The number of aromatic amines is 1. The number of H-pyrrole nitrogens is 1. The van der Waals surface area contributed by atoms with Crippen LogP contribution in [0.25, 0.3) is 10.9 Å². The molecule has 1 saturated heterocycles. The van der Waals surface area contributed by atoms with Crippen molar-refractivity contribution in [1.29, 1.82) is 0 Å². The van der Waals surface area contributed by atoms with Gasteiger partial charge in [-0.3, -0.25) is 9.69 Å². The van der Waals surface area contributed by atoms with Crippen LogP contribution in [0.3, 0.4) is 0 Å². The summed E-state index contributed by atoms with van der Waals surface area (Å²) in [7, 11) is 1.73. The maximum Gasteiger partial charge on any atom is 0.252 e. The summed E-state index contributed by atoms with van der Waals surface area (Å²) in [5, 5.41) is 0.967. The Labute approximate surface area is 140 Å². The number of piperidine rings is 1. The number of rotatable bonds is 4. The summed E-state index contributed by atoms with van der Waals surface area (Å²) in [4.78, 5) is 17.8. The molecular weight excluding hydrogens is 308 g/mol. The van der Waals surface area contributed by atoms with Gasteiger partial charge in [-0.2, -0.15) is 0 Å². The minimum atomic E-state index is -0.0388. The molecular formula is C18H22N2O4. The van der Waals surface area contributed by atoms with Crippen molar-refractivity contribution in [2.45, 2.75) is 31.8 Å². The van der Waals surface area contributed by atoms with E-state index in [1.54, 1.807) is 7.11 Å². The number of benzene rings is 1. The first-order valence-electron chi connectivity index (χ1n) is 8.43. The lowest BCUT2D eigenvalue weighted by Crippen LogP contribution is -2.42. The molecule has 1 aromatic carbocycles. The van der Waals surface area contributed by atoms with E-state index in [9.17, 15) is 4.79 Å². The van der Waals surface area contributed by atoms with Crippen LogP contribution < -0.4 is 15.0 Å². The Kier molecular flexibility index (Phi) is 4.16. The molecule has 0 spiro atoms. The summed E-state index contributed by atoms with van der Waals surface area (Å²) in [5.41, 5.74) is 1.52. The van der Waals surface area contributed by atoms with Gasteiger partial charge in [0, 0.05) is 36.7 Å². The number of hydrogen-bond acceptors (Lipinski definition) is 5. The lowest BCUT2D eigenvalue weighted by atomic mass is 10.0. The van der Waals surface area contributed by atoms with E-state index in [1.165, 1.54) is 12.8 Å². The highest BCUT2D eigenvalue weighted by atomic mass is 16.7. The number of nitrogens with one attached hydrogen (secondary N) is 1. The molecule has 1 atom stereocenters. The quantitative estimate of drug-likeness (QED) is 0.931. The second kappa shape index (κ2) is 6.45. The summed E-state index contributed by atoms with van der Waals surface area (Å²) in [6, 6.07) is 6.11. The van der Waals surface area contributed by atoms with E-state index in [4.69, 9.17) is 14.2 Å². The molecule has 3 heterocycles. The third-order valence-corrected chi connectivity index (χ3v) is 4.90. The Balaban J connectivity index is 1.65. The van der Waals surface area contributed by atoms with Gasteiger partial charge in [0.1, 0.15) is 0 Å². The Morgan fingerprint density at radius 1 is 1.25 bits per heavy atom. The summed E-state index contributed by atoms with van der Waals surface area (Å²) in [5.74, 6) is 1.41. The predicted molar refractivity (Wildman–Crippen MR) is 90.6 cm³/mol. The molecule has 2 aliphatic rings. The second-order valence-electron chi connectivity index (χ2n) is 6.49. The van der Waals surface area contributed by atoms with Gasteiger partial charge in [0.05, 0.1) is 12.1 Å². The first-order chi connectivity index (χ1) is 11.7. The van der Waals surface area contributed by atoms with Crippen LogP contribution in [0.5, 0.6) is 11.5 Å². The molecule has 6 heteroatoms. The molecule has 1 fully saturated rings. The van der Waals surface area contributed by atoms with Crippen LogP contribution in [0.1, 0.15) is 24.8 Å². The molecule has 1 aromatic heterocycles. The van der Waals surface area contributed by atoms with Gasteiger partial charge in [0.25, 0.3) is 5.56 Å². The smallest absolute Gasteiger partial charge is 0.252 e. The van der Waals surface area contributed by atoms with Gasteiger partial charge >= 0.3 is 0 Å². The molecule has 2 aromatic rings. The van der Waals surface area contributed by atoms with Crippen LogP contribution in [-0.4, -0.2) is 43.0 Å². The van der Waals surface area contributed by atoms with E-state index in [2.05, 4.69) is 9.88 Å². The van der Waals surface area contributed by atoms with Crippen molar-refractivity contribution in [2.24, 2.45) is 0 Å². The van der Waals surface area contributed by atoms with Crippen LogP contribution in [-0.2, 0) is 11.3 Å². The zero-order valence-electron chi connectivity index (χ0n) is 13.8. The van der Waals surface area contributed by atoms with E-state index in [0.717, 1.165) is 35.2 Å². The van der Waals surface area contributed by atoms with E-state index in [1.807, 2.05) is 18.2 Å². The fourth-order valence-electron chi connectivity index (χ4n) is 3.63. The third-order valence-electron chi connectivity index (χ3n) is 4.90. The first-order valence-corrected chi connectivity index (χ1v) is 8.43. The highest BCUT2D eigenvalue weighted by Crippen LogP contribution is 2.35. The van der Waals surface area contributed by atoms with Gasteiger partial charge in [-0.15, -0.1) is 0 Å². The standard InChI is InChI=1S/C18H22N2O4/c1-22-10-14-4-2-3-5-20(14)9-13-6-12-7-16-17(24-11-23-16)8-15(12)19-18(13)21/h6-8,14H,2-5,9-11H2,1H3,(H,19,21)/t14-/m0/s1. The summed E-state index contributed by atoms with van der Waals surface area (Å²) in [6.45, 7) is 2.60. The summed E-state index contributed by atoms with van der Waals surface area (Å²) >= 11 is 0. The number of ether oxygens (including phenoxy) is 3. The van der Waals surface area contributed by atoms with E-state index < -0.39 is 0 Å². The van der Waals surface area contributed by atoms with Crippen LogP contribution in [0.15, 0.2) is 23.0 Å². The number of aromatic nitrogens is 1. The maximum absolute atomic E-state index is 12.5. The molecule has 4 rings (SSSR count). The third kappa shape index (κ3) is 2.87. The zero-order valence-corrected chi connectivity index (χ0v) is 13.8. The average Bonchev–Trinajstić information content (AvgIpc) is 3.03. The first kappa shape index (κ1) is 15.5. The minimum absolute atomic E-state index is 0.0388. The normalized spacial score (nSPS) is 20.6. The Bertz CT molecular complexity index is 799. The van der Waals surface area contributed by atoms with Crippen LogP contribution in [0.4, 0.5) is 0 Å². The van der Waals surface area contributed by atoms with Crippen molar-refractivity contribution >= 4 is 10.9 Å². The number of pyridine rings is 1. The van der Waals surface area contributed by atoms with Crippen LogP contribution >= 0.6 is 0 Å². The van der Waals surface area contributed by atoms with Gasteiger partial charge in [-0.05, 0) is 31.5 Å². The van der Waals surface area contributed by atoms with Crippen molar-refractivity contribution in [3.8, 4) is 11.5 Å². The SMILES string of the molecule is COC[C@@H]1CCCCN1Cc1cc2cc3c(cc2[nH]c1=O)OCO3. The number of methoxy groups -OCH3 is 1. The molecule has 0 bridgehead atoms. The highest BCUT2D eigenvalue weighted by molar-refractivity contribution is 5.83. The molecule has 6 nitrogen and oxygen atoms in total. The Hall–Kier alpha value is -2.05. The summed E-state index contributed by atoms with van der Waals surface area (Å²) < 4.78 is 16.1. The predicted octanol–water partition coefficient (Wildman–Crippen LogP) is 2.26. The highest BCUT2D eigenvalue weighted by Gasteiger charge is 2.23. The van der Waals surface area contributed by atoms with Crippen molar-refractivity contribution in [3.63, 3.8) is 0 Å².